The van der Waals surface area contributed by atoms with Crippen LogP contribution in [0.5, 0.6) is 69.0 Å². The Morgan fingerprint density at radius 1 is 0.266 bits per heavy atom. The second kappa shape index (κ2) is 37.8. The Kier molecular flexibility index (Phi) is 25.7. The highest BCUT2D eigenvalue weighted by Crippen LogP contribution is 2.71. The van der Waals surface area contributed by atoms with Crippen molar-refractivity contribution < 1.29 is 61.3 Å². The Bertz CT molecular complexity index is 6540. The number of benzene rings is 14. The molecule has 12 heteroatoms. The zero-order chi connectivity index (χ0) is 100. The molecule has 0 radical (unpaired) electrons. The lowest BCUT2D eigenvalue weighted by atomic mass is 9.42. The summed E-state index contributed by atoms with van der Waals surface area (Å²) in [5.74, 6) is 11.0. The van der Waals surface area contributed by atoms with Gasteiger partial charge in [0.15, 0.2) is 0 Å². The molecular formula is C131H140O12. The fraction of sp³-hybridized carbons (Fsp3) is 0.359. The van der Waals surface area contributed by atoms with Crippen LogP contribution in [0.3, 0.4) is 0 Å². The summed E-state index contributed by atoms with van der Waals surface area (Å²) >= 11 is 0. The molecule has 14 aromatic rings. The molecule has 12 N–H and O–H groups in total. The SMILES string of the molecule is CC1(C)CC2(CC(C)(C)c3ccc(O)cc32)c2cc(O)ccc21.CC1CC(C)(C)CC(c2ccc(O)cc2)(c2ccc(O)cc2)C1.Cc1cc(C2(c3ccc(O)c(C)c3)CCCCC2)ccc1O.Oc1ccc(C2(c3ccc(O)cc3)C3CC4CC(C3)CC2C4)cc1.Oc1ccc(C2(c3ccc(O)cc3)CC3CC2C2CCCC32)cc1.Oc1ccc(C2(c3ccc(O)cc3)c3ccccc3-c3ccccc32)cc1. The van der Waals surface area contributed by atoms with Crippen LogP contribution in [-0.2, 0) is 43.3 Å². The molecule has 12 aliphatic carbocycles. The van der Waals surface area contributed by atoms with Crippen LogP contribution >= 0.6 is 0 Å². The van der Waals surface area contributed by atoms with E-state index >= 15 is 0 Å². The second-order valence-electron chi connectivity index (χ2n) is 46.7. The van der Waals surface area contributed by atoms with Crippen molar-refractivity contribution in [3.63, 3.8) is 0 Å². The molecule has 736 valence electrons. The first-order valence-electron chi connectivity index (χ1n) is 52.4. The maximum Gasteiger partial charge on any atom is 0.118 e. The minimum absolute atomic E-state index is 0.00910. The molecule has 143 heavy (non-hydrogen) atoms. The monoisotopic (exact) mass is 1910 g/mol. The summed E-state index contributed by atoms with van der Waals surface area (Å²) in [7, 11) is 0. The van der Waals surface area contributed by atoms with Gasteiger partial charge in [-0.25, -0.2) is 0 Å². The molecule has 9 fully saturated rings. The molecule has 0 amide bonds. The van der Waals surface area contributed by atoms with Gasteiger partial charge in [-0.05, 0) is 431 Å². The number of hydrogen-bond acceptors (Lipinski definition) is 12. The van der Waals surface area contributed by atoms with Gasteiger partial charge in [0.2, 0.25) is 0 Å². The van der Waals surface area contributed by atoms with E-state index in [0.29, 0.717) is 81.2 Å². The predicted octanol–water partition coefficient (Wildman–Crippen LogP) is 30.1. The van der Waals surface area contributed by atoms with Gasteiger partial charge in [0, 0.05) is 27.1 Å². The van der Waals surface area contributed by atoms with Crippen molar-refractivity contribution >= 4 is 0 Å². The highest BCUT2D eigenvalue weighted by atomic mass is 16.3. The minimum Gasteiger partial charge on any atom is -0.508 e. The van der Waals surface area contributed by atoms with Crippen LogP contribution in [0.4, 0.5) is 0 Å². The fourth-order valence-electron chi connectivity index (χ4n) is 31.3. The van der Waals surface area contributed by atoms with Crippen LogP contribution in [0.1, 0.15) is 277 Å². The van der Waals surface area contributed by atoms with Gasteiger partial charge in [-0.15, -0.1) is 0 Å². The van der Waals surface area contributed by atoms with E-state index in [1.165, 1.54) is 179 Å². The number of phenolic OH excluding ortho intramolecular Hbond substituents is 12. The highest BCUT2D eigenvalue weighted by Gasteiger charge is 2.63. The van der Waals surface area contributed by atoms with Gasteiger partial charge in [-0.1, -0.05) is 256 Å². The van der Waals surface area contributed by atoms with Crippen molar-refractivity contribution in [1.29, 1.82) is 0 Å². The smallest absolute Gasteiger partial charge is 0.118 e. The molecule has 5 atom stereocenters. The molecule has 12 nitrogen and oxygen atoms in total. The van der Waals surface area contributed by atoms with Crippen molar-refractivity contribution in [2.75, 3.05) is 0 Å². The van der Waals surface area contributed by atoms with E-state index < -0.39 is 5.41 Å². The normalized spacial score (nSPS) is 23.5. The van der Waals surface area contributed by atoms with Crippen molar-refractivity contribution in [2.45, 2.75) is 234 Å². The van der Waals surface area contributed by atoms with E-state index in [0.717, 1.165) is 90.4 Å². The average Bonchev–Trinajstić information content (AvgIpc) is 1.29. The molecule has 12 aliphatic rings. The van der Waals surface area contributed by atoms with Crippen LogP contribution < -0.4 is 0 Å². The van der Waals surface area contributed by atoms with Gasteiger partial charge in [0.1, 0.15) is 69.0 Å². The predicted molar refractivity (Wildman–Crippen MR) is 571 cm³/mol. The largest absolute Gasteiger partial charge is 0.508 e. The Morgan fingerprint density at radius 2 is 0.615 bits per heavy atom. The van der Waals surface area contributed by atoms with E-state index in [1.807, 2.05) is 111 Å². The molecule has 0 saturated heterocycles. The maximum atomic E-state index is 10.1. The molecule has 0 aromatic heterocycles. The van der Waals surface area contributed by atoms with Gasteiger partial charge in [0.25, 0.3) is 0 Å². The third-order valence-electron chi connectivity index (χ3n) is 36.4. The number of aromatic hydroxyl groups is 12. The molecule has 0 aliphatic heterocycles. The van der Waals surface area contributed by atoms with Gasteiger partial charge in [-0.2, -0.15) is 0 Å². The summed E-state index contributed by atoms with van der Waals surface area (Å²) in [6, 6.07) is 102. The number of hydrogen-bond donors (Lipinski definition) is 12. The van der Waals surface area contributed by atoms with Gasteiger partial charge in [-0.3, -0.25) is 0 Å². The second-order valence-corrected chi connectivity index (χ2v) is 46.7. The van der Waals surface area contributed by atoms with Crippen LogP contribution in [0.15, 0.2) is 315 Å². The average molecular weight is 1910 g/mol. The van der Waals surface area contributed by atoms with Gasteiger partial charge >= 0.3 is 0 Å². The van der Waals surface area contributed by atoms with Crippen LogP contribution in [0.2, 0.25) is 0 Å². The van der Waals surface area contributed by atoms with Crippen LogP contribution in [-0.4, -0.2) is 61.3 Å². The topological polar surface area (TPSA) is 243 Å². The van der Waals surface area contributed by atoms with Crippen molar-refractivity contribution in [3.05, 3.63) is 416 Å². The molecule has 14 aromatic carbocycles. The zero-order valence-corrected chi connectivity index (χ0v) is 84.2. The van der Waals surface area contributed by atoms with Gasteiger partial charge < -0.3 is 61.3 Å². The standard InChI is InChI=1S/C25H18O2.2C22H24O2.C21H24O2.C21H26O2.C20H24O2/c26-19-13-9-17(10-14-19)25(18-11-15-20(27)16-12-18)23-7-3-1-5-21(23)22-6-2-4-8-24(22)25;23-20-5-1-16(2-6-20)22(17-3-7-21(24)8-4-17)18-10-14-9-15(12-18)13-19(22)11-14;23-17-8-4-15(5-9-17)22(16-6-10-18(24)11-7-16)13-14-12-21(22)20-3-1-2-19(14)20;1-19(2)11-21(17-9-13(22)5-7-15(17)19)12-20(3,4)16-8-6-14(23)10-18(16)21;1-15-12-20(2,3)14-21(13-15,16-4-8-18(22)9-5-16)17-6-10-19(23)11-7-17;1-14-12-16(6-8-18(14)21)20(10-4-3-5-11-20)17-7-9-19(22)15(2)13-17/h1-16,26-27H;1-8,14-15,18-19,23-24H,9-13H2;4-11,14,19-21,23-24H,1-3,12-13H2;5-10,22-23H,11-12H2,1-4H3;4-11,15,22-23H,12-14H2,1-3H3;6-9,12-13,21-22H,3-5,10-11H2,1-2H3. The summed E-state index contributed by atoms with van der Waals surface area (Å²) in [5, 5.41) is 118. The first-order chi connectivity index (χ1) is 68.5. The summed E-state index contributed by atoms with van der Waals surface area (Å²) in [6.45, 7) is 20.1. The van der Waals surface area contributed by atoms with Crippen molar-refractivity contribution in [2.24, 2.45) is 58.7 Å². The summed E-state index contributed by atoms with van der Waals surface area (Å²) in [5.41, 5.74) is 24.3. The number of aryl methyl sites for hydroxylation is 2. The first-order valence-corrected chi connectivity index (χ1v) is 52.4. The lowest BCUT2D eigenvalue weighted by molar-refractivity contribution is -0.0418. The molecule has 5 unspecified atom stereocenters. The molecule has 0 heterocycles. The first kappa shape index (κ1) is 97.1. The Balaban J connectivity index is 0.000000105. The number of fused-ring (bicyclic) bond motifs is 12. The molecular weight excluding hydrogens is 1770 g/mol. The number of rotatable bonds is 10. The van der Waals surface area contributed by atoms with E-state index in [2.05, 4.69) is 206 Å². The fourth-order valence-corrected chi connectivity index (χ4v) is 31.3. The third kappa shape index (κ3) is 17.5. The molecule has 26 rings (SSSR count). The summed E-state index contributed by atoms with van der Waals surface area (Å²) < 4.78 is 0. The van der Waals surface area contributed by atoms with E-state index in [9.17, 15) is 61.3 Å². The Morgan fingerprint density at radius 3 is 1.00 bits per heavy atom. The lowest BCUT2D eigenvalue weighted by Crippen LogP contribution is -2.56. The van der Waals surface area contributed by atoms with E-state index in [4.69, 9.17) is 0 Å². The zero-order valence-electron chi connectivity index (χ0n) is 84.2. The number of phenols is 12. The molecule has 6 bridgehead atoms. The van der Waals surface area contributed by atoms with Crippen LogP contribution in [0.25, 0.3) is 11.1 Å². The maximum absolute atomic E-state index is 10.1. The Hall–Kier alpha value is -13.3. The van der Waals surface area contributed by atoms with E-state index in [1.54, 1.807) is 60.7 Å². The van der Waals surface area contributed by atoms with Crippen LogP contribution in [0, 0.1) is 72.5 Å². The quantitative estimate of drug-likeness (QED) is 0.0612. The molecule has 1 spiro atoms. The van der Waals surface area contributed by atoms with E-state index in [-0.39, 0.29) is 54.8 Å². The highest BCUT2D eigenvalue weighted by molar-refractivity contribution is 5.86. The van der Waals surface area contributed by atoms with Crippen molar-refractivity contribution in [3.8, 4) is 80.1 Å². The minimum atomic E-state index is -0.491. The summed E-state index contributed by atoms with van der Waals surface area (Å²) in [4.78, 5) is 0. The van der Waals surface area contributed by atoms with Gasteiger partial charge in [0.05, 0.1) is 5.41 Å². The third-order valence-corrected chi connectivity index (χ3v) is 36.4. The van der Waals surface area contributed by atoms with Crippen molar-refractivity contribution in [1.82, 2.24) is 0 Å². The summed E-state index contributed by atoms with van der Waals surface area (Å²) in [6.07, 6.45) is 24.9. The molecule has 9 saturated carbocycles. The lowest BCUT2D eigenvalue weighted by Gasteiger charge is -2.62. The Labute approximate surface area is 844 Å².